The highest BCUT2D eigenvalue weighted by Gasteiger charge is 2.29. The second-order valence-electron chi connectivity index (χ2n) is 3.17. The highest BCUT2D eigenvalue weighted by Crippen LogP contribution is 2.31. The van der Waals surface area contributed by atoms with Gasteiger partial charge in [0.25, 0.3) is 11.8 Å². The van der Waals surface area contributed by atoms with Crippen molar-refractivity contribution >= 4 is 40.3 Å². The number of hydrogen-bond acceptors (Lipinski definition) is 6. The van der Waals surface area contributed by atoms with E-state index in [9.17, 15) is 9.90 Å². The first-order valence-electron chi connectivity index (χ1n) is 4.37. The normalized spacial score (nSPS) is 18.9. The number of carbonyl (C=O) groups excluding carboxylic acids is 1. The zero-order valence-corrected chi connectivity index (χ0v) is 10.2. The smallest absolute Gasteiger partial charge is 0.266 e. The molecule has 2 heterocycles. The van der Waals surface area contributed by atoms with Crippen LogP contribution in [0.2, 0.25) is 0 Å². The summed E-state index contributed by atoms with van der Waals surface area (Å²) in [5.41, 5.74) is 0. The third-order valence-corrected chi connectivity index (χ3v) is 3.51. The number of thiocarbonyl (C=S) groups is 1. The largest absolute Gasteiger partial charge is 0.491 e. The Kier molecular flexibility index (Phi) is 2.73. The standard InChI is InChI=1S/C9H8N2O3S2/c1-4-7(12)10-6(14-4)3-5-8(13)11(2)9(15)16-5/h3,12H,1-2H3/b5-3-. The van der Waals surface area contributed by atoms with E-state index >= 15 is 0 Å². The van der Waals surface area contributed by atoms with Gasteiger partial charge in [0.15, 0.2) is 5.76 Å². The Hall–Kier alpha value is -1.34. The molecule has 0 unspecified atom stereocenters. The minimum atomic E-state index is -0.189. The Labute approximate surface area is 101 Å². The van der Waals surface area contributed by atoms with Gasteiger partial charge in [-0.2, -0.15) is 4.98 Å². The lowest BCUT2D eigenvalue weighted by molar-refractivity contribution is -0.121. The molecule has 1 fully saturated rings. The number of hydrogen-bond donors (Lipinski definition) is 1. The van der Waals surface area contributed by atoms with E-state index in [0.717, 1.165) is 0 Å². The molecule has 0 bridgehead atoms. The molecule has 1 aliphatic rings. The average molecular weight is 256 g/mol. The molecular formula is C9H8N2O3S2. The number of carbonyl (C=O) groups is 1. The second-order valence-corrected chi connectivity index (χ2v) is 4.85. The van der Waals surface area contributed by atoms with Crippen LogP contribution in [-0.4, -0.2) is 32.3 Å². The highest BCUT2D eigenvalue weighted by atomic mass is 32.2. The Bertz CT molecular complexity index is 487. The molecule has 1 N–H and O–H groups in total. The van der Waals surface area contributed by atoms with Crippen LogP contribution in [0.15, 0.2) is 9.32 Å². The van der Waals surface area contributed by atoms with Crippen molar-refractivity contribution in [1.82, 2.24) is 9.88 Å². The van der Waals surface area contributed by atoms with Crippen LogP contribution in [0.25, 0.3) is 6.08 Å². The number of rotatable bonds is 1. The third kappa shape index (κ3) is 1.83. The van der Waals surface area contributed by atoms with E-state index in [1.807, 2.05) is 0 Å². The molecule has 16 heavy (non-hydrogen) atoms. The van der Waals surface area contributed by atoms with Crippen molar-refractivity contribution in [1.29, 1.82) is 0 Å². The molecule has 0 aliphatic carbocycles. The molecule has 5 nitrogen and oxygen atoms in total. The van der Waals surface area contributed by atoms with Gasteiger partial charge >= 0.3 is 0 Å². The van der Waals surface area contributed by atoms with E-state index < -0.39 is 0 Å². The van der Waals surface area contributed by atoms with E-state index in [2.05, 4.69) is 4.98 Å². The molecule has 1 amide bonds. The summed E-state index contributed by atoms with van der Waals surface area (Å²) in [6.45, 7) is 1.59. The van der Waals surface area contributed by atoms with Crippen LogP contribution >= 0.6 is 24.0 Å². The lowest BCUT2D eigenvalue weighted by Gasteiger charge is -2.03. The first-order valence-corrected chi connectivity index (χ1v) is 5.59. The van der Waals surface area contributed by atoms with Gasteiger partial charge in [0.2, 0.25) is 5.89 Å². The van der Waals surface area contributed by atoms with Crippen molar-refractivity contribution in [2.24, 2.45) is 0 Å². The molecule has 1 aromatic heterocycles. The van der Waals surface area contributed by atoms with Gasteiger partial charge in [-0.1, -0.05) is 24.0 Å². The van der Waals surface area contributed by atoms with Gasteiger partial charge in [0.1, 0.15) is 4.32 Å². The van der Waals surface area contributed by atoms with Crippen molar-refractivity contribution in [2.75, 3.05) is 7.05 Å². The van der Waals surface area contributed by atoms with Gasteiger partial charge in [-0.05, 0) is 6.92 Å². The molecule has 1 saturated heterocycles. The van der Waals surface area contributed by atoms with Crippen molar-refractivity contribution in [3.8, 4) is 5.88 Å². The molecule has 0 aromatic carbocycles. The van der Waals surface area contributed by atoms with Gasteiger partial charge in [-0.3, -0.25) is 9.69 Å². The molecule has 0 spiro atoms. The lowest BCUT2D eigenvalue weighted by Crippen LogP contribution is -2.22. The summed E-state index contributed by atoms with van der Waals surface area (Å²) < 4.78 is 5.62. The fourth-order valence-electron chi connectivity index (χ4n) is 1.13. The number of oxazole rings is 1. The number of aryl methyl sites for hydroxylation is 1. The van der Waals surface area contributed by atoms with Gasteiger partial charge in [0, 0.05) is 13.1 Å². The van der Waals surface area contributed by atoms with E-state index in [4.69, 9.17) is 16.6 Å². The SMILES string of the molecule is Cc1oc(/C=C2\SC(=S)N(C)C2=O)nc1O. The summed E-state index contributed by atoms with van der Waals surface area (Å²) in [6, 6.07) is 0. The second kappa shape index (κ2) is 3.91. The summed E-state index contributed by atoms with van der Waals surface area (Å²) in [4.78, 5) is 17.2. The first kappa shape index (κ1) is 11.2. The van der Waals surface area contributed by atoms with E-state index in [0.29, 0.717) is 15.0 Å². The zero-order chi connectivity index (χ0) is 11.9. The van der Waals surface area contributed by atoms with Gasteiger partial charge in [-0.15, -0.1) is 0 Å². The maximum absolute atomic E-state index is 11.6. The van der Waals surface area contributed by atoms with E-state index in [1.54, 1.807) is 14.0 Å². The Balaban J connectivity index is 2.32. The summed E-state index contributed by atoms with van der Waals surface area (Å²) in [7, 11) is 1.61. The summed E-state index contributed by atoms with van der Waals surface area (Å²) in [5.74, 6) is 0.158. The first-order chi connectivity index (χ1) is 7.49. The monoisotopic (exact) mass is 256 g/mol. The molecule has 7 heteroatoms. The maximum atomic E-state index is 11.6. The molecule has 1 aromatic rings. The molecule has 0 atom stereocenters. The van der Waals surface area contributed by atoms with Crippen LogP contribution < -0.4 is 0 Å². The molecule has 1 aliphatic heterocycles. The van der Waals surface area contributed by atoms with Gasteiger partial charge in [0.05, 0.1) is 4.91 Å². The van der Waals surface area contributed by atoms with Crippen LogP contribution in [0.5, 0.6) is 5.88 Å². The van der Waals surface area contributed by atoms with Crippen molar-refractivity contribution in [3.05, 3.63) is 16.6 Å². The topological polar surface area (TPSA) is 66.6 Å². The predicted molar refractivity (Wildman–Crippen MR) is 63.8 cm³/mol. The Morgan fingerprint density at radius 2 is 2.31 bits per heavy atom. The van der Waals surface area contributed by atoms with Crippen LogP contribution in [-0.2, 0) is 4.79 Å². The number of aromatic hydroxyl groups is 1. The number of nitrogens with zero attached hydrogens (tertiary/aromatic N) is 2. The molecule has 0 radical (unpaired) electrons. The Morgan fingerprint density at radius 3 is 2.75 bits per heavy atom. The quantitative estimate of drug-likeness (QED) is 0.607. The van der Waals surface area contributed by atoms with Crippen LogP contribution in [0.3, 0.4) is 0 Å². The number of likely N-dealkylation sites (N-methyl/N-ethyl adjacent to an activating group) is 1. The van der Waals surface area contributed by atoms with E-state index in [-0.39, 0.29) is 17.7 Å². The summed E-state index contributed by atoms with van der Waals surface area (Å²) in [5, 5.41) is 9.22. The van der Waals surface area contributed by atoms with Crippen LogP contribution in [0.4, 0.5) is 0 Å². The number of amides is 1. The fourth-order valence-corrected chi connectivity index (χ4v) is 2.27. The minimum Gasteiger partial charge on any atom is -0.491 e. The number of thioether (sulfide) groups is 1. The lowest BCUT2D eigenvalue weighted by atomic mass is 10.4. The third-order valence-electron chi connectivity index (χ3n) is 2.03. The minimum absolute atomic E-state index is 0.168. The van der Waals surface area contributed by atoms with Crippen molar-refractivity contribution < 1.29 is 14.3 Å². The average Bonchev–Trinajstić information content (AvgIpc) is 2.64. The summed E-state index contributed by atoms with van der Waals surface area (Å²) >= 11 is 6.15. The van der Waals surface area contributed by atoms with Gasteiger partial charge < -0.3 is 9.52 Å². The van der Waals surface area contributed by atoms with Gasteiger partial charge in [-0.25, -0.2) is 0 Å². The number of aromatic nitrogens is 1. The van der Waals surface area contributed by atoms with Crippen LogP contribution in [0.1, 0.15) is 11.7 Å². The molecular weight excluding hydrogens is 248 g/mol. The molecule has 0 saturated carbocycles. The Morgan fingerprint density at radius 1 is 1.62 bits per heavy atom. The summed E-state index contributed by atoms with van der Waals surface area (Å²) in [6.07, 6.45) is 1.47. The van der Waals surface area contributed by atoms with E-state index in [1.165, 1.54) is 22.7 Å². The van der Waals surface area contributed by atoms with Crippen molar-refractivity contribution in [3.63, 3.8) is 0 Å². The highest BCUT2D eigenvalue weighted by molar-refractivity contribution is 8.26. The fraction of sp³-hybridized carbons (Fsp3) is 0.222. The molecule has 84 valence electrons. The molecule has 2 rings (SSSR count). The maximum Gasteiger partial charge on any atom is 0.266 e. The van der Waals surface area contributed by atoms with Crippen LogP contribution in [0, 0.1) is 6.92 Å². The van der Waals surface area contributed by atoms with Crippen molar-refractivity contribution in [2.45, 2.75) is 6.92 Å². The zero-order valence-electron chi connectivity index (χ0n) is 8.55. The predicted octanol–water partition coefficient (Wildman–Crippen LogP) is 1.52.